The number of nitrogens with one attached hydrogen (secondary N) is 4. The molecule has 0 aliphatic rings. The van der Waals surface area contributed by atoms with E-state index in [1.54, 1.807) is 38.1 Å². The molecule has 0 unspecified atom stereocenters. The highest BCUT2D eigenvalue weighted by molar-refractivity contribution is 7.86. The van der Waals surface area contributed by atoms with Gasteiger partial charge in [-0.05, 0) is 109 Å². The Hall–Kier alpha value is -6.53. The zero-order valence-corrected chi connectivity index (χ0v) is 29.8. The molecule has 276 valence electrons. The van der Waals surface area contributed by atoms with Crippen molar-refractivity contribution in [2.24, 2.45) is 0 Å². The highest BCUT2D eigenvalue weighted by atomic mass is 32.2. The third kappa shape index (κ3) is 7.79. The minimum atomic E-state index is -4.52. The topological polar surface area (TPSA) is 249 Å². The number of urea groups is 1. The smallest absolute Gasteiger partial charge is 0.328 e. The number of amides is 4. The lowest BCUT2D eigenvalue weighted by Gasteiger charge is -2.15. The van der Waals surface area contributed by atoms with Gasteiger partial charge in [-0.2, -0.15) is 16.8 Å². The number of carbonyl (C=O) groups excluding carboxylic acids is 3. The number of carbonyl (C=O) groups is 3. The number of rotatable bonds is 8. The van der Waals surface area contributed by atoms with Gasteiger partial charge < -0.3 is 20.8 Å². The quantitative estimate of drug-likeness (QED) is 0.0628. The second-order valence-electron chi connectivity index (χ2n) is 12.2. The van der Waals surface area contributed by atoms with E-state index in [0.29, 0.717) is 44.0 Å². The summed E-state index contributed by atoms with van der Waals surface area (Å²) >= 11 is 0. The number of hydrogen-bond acceptors (Lipinski definition) is 11. The first-order chi connectivity index (χ1) is 25.4. The van der Waals surface area contributed by atoms with Gasteiger partial charge in [-0.15, -0.1) is 0 Å². The van der Waals surface area contributed by atoms with Crippen molar-refractivity contribution >= 4 is 82.4 Å². The van der Waals surface area contributed by atoms with E-state index in [0.717, 1.165) is 0 Å². The number of imide groups is 2. The molecule has 17 heteroatoms. The summed E-state index contributed by atoms with van der Waals surface area (Å²) in [4.78, 5) is 38.0. The zero-order valence-electron chi connectivity index (χ0n) is 28.2. The summed E-state index contributed by atoms with van der Waals surface area (Å²) in [6.45, 7) is 3.18. The number of phenolic OH excluding ortho intramolecular Hbond substituents is 2. The predicted molar refractivity (Wildman–Crippen MR) is 200 cm³/mol. The van der Waals surface area contributed by atoms with Crippen molar-refractivity contribution in [1.82, 2.24) is 10.6 Å². The van der Waals surface area contributed by atoms with Gasteiger partial charge in [-0.3, -0.25) is 29.3 Å². The Balaban J connectivity index is 1.13. The van der Waals surface area contributed by atoms with Crippen molar-refractivity contribution < 1.29 is 50.5 Å². The lowest BCUT2D eigenvalue weighted by atomic mass is 10.1. The molecular formula is C37H30N4O11S2. The van der Waals surface area contributed by atoms with Crippen LogP contribution in [0.2, 0.25) is 0 Å². The van der Waals surface area contributed by atoms with Crippen LogP contribution in [0.3, 0.4) is 0 Å². The molecular weight excluding hydrogens is 741 g/mol. The van der Waals surface area contributed by atoms with Crippen LogP contribution in [0.5, 0.6) is 11.5 Å². The van der Waals surface area contributed by atoms with E-state index in [2.05, 4.69) is 21.3 Å². The van der Waals surface area contributed by atoms with E-state index in [4.69, 9.17) is 0 Å². The first kappa shape index (κ1) is 37.2. The molecule has 0 atom stereocenters. The lowest BCUT2D eigenvalue weighted by molar-refractivity contribution is 0.0944. The van der Waals surface area contributed by atoms with Gasteiger partial charge in [-0.25, -0.2) is 4.79 Å². The van der Waals surface area contributed by atoms with Crippen LogP contribution in [-0.4, -0.2) is 54.0 Å². The van der Waals surface area contributed by atoms with Crippen LogP contribution in [0.25, 0.3) is 21.5 Å². The van der Waals surface area contributed by atoms with E-state index in [-0.39, 0.29) is 43.8 Å². The molecule has 15 nitrogen and oxygen atoms in total. The molecule has 0 spiro atoms. The summed E-state index contributed by atoms with van der Waals surface area (Å²) in [5.74, 6) is -2.06. The van der Waals surface area contributed by atoms with Crippen molar-refractivity contribution in [3.63, 3.8) is 0 Å². The van der Waals surface area contributed by atoms with E-state index in [1.165, 1.54) is 72.8 Å². The number of hydrogen-bond donors (Lipinski definition) is 8. The number of anilines is 4. The summed E-state index contributed by atoms with van der Waals surface area (Å²) in [6, 6.07) is 21.5. The Morgan fingerprint density at radius 1 is 0.519 bits per heavy atom. The summed E-state index contributed by atoms with van der Waals surface area (Å²) in [7, 11) is -9.03. The maximum Gasteiger partial charge on any atom is 0.328 e. The van der Waals surface area contributed by atoms with Gasteiger partial charge in [0.15, 0.2) is 0 Å². The standard InChI is InChI=1S/C37H30N4O11S2/c1-19-15-23(38-33-29-17-25(53(47,48)49)9-3-21(29)5-13-31(33)42)7-11-27(19)35(44)40-37(46)41-36(45)28-12-8-24(16-20(28)2)39-34-30-18-26(54(50,51)52)10-4-22(30)6-14-32(34)43/h3-18,38-39,42-43H,1-2H3,(H,47,48,49)(H,50,51,52)(H2,40,41,44,45,46). The third-order valence-corrected chi connectivity index (χ3v) is 10.2. The molecule has 0 aromatic heterocycles. The van der Waals surface area contributed by atoms with Gasteiger partial charge in [0.05, 0.1) is 21.2 Å². The van der Waals surface area contributed by atoms with Crippen molar-refractivity contribution in [1.29, 1.82) is 0 Å². The van der Waals surface area contributed by atoms with Crippen LogP contribution < -0.4 is 21.3 Å². The Morgan fingerprint density at radius 3 is 1.24 bits per heavy atom. The second kappa shape index (κ2) is 14.1. The number of phenols is 2. The number of aromatic hydroxyl groups is 2. The van der Waals surface area contributed by atoms with Crippen molar-refractivity contribution in [3.8, 4) is 11.5 Å². The Kier molecular flexibility index (Phi) is 9.74. The van der Waals surface area contributed by atoms with E-state index >= 15 is 0 Å². The minimum Gasteiger partial charge on any atom is -0.506 e. The fourth-order valence-electron chi connectivity index (χ4n) is 5.81. The highest BCUT2D eigenvalue weighted by Crippen LogP contribution is 2.38. The van der Waals surface area contributed by atoms with E-state index < -0.39 is 38.1 Å². The molecule has 6 rings (SSSR count). The highest BCUT2D eigenvalue weighted by Gasteiger charge is 2.20. The molecule has 0 saturated heterocycles. The maximum atomic E-state index is 13.0. The molecule has 6 aromatic carbocycles. The molecule has 0 saturated carbocycles. The molecule has 0 bridgehead atoms. The van der Waals surface area contributed by atoms with Gasteiger partial charge in [0, 0.05) is 33.3 Å². The van der Waals surface area contributed by atoms with Gasteiger partial charge in [0.1, 0.15) is 11.5 Å². The van der Waals surface area contributed by atoms with E-state index in [9.17, 15) is 50.5 Å². The van der Waals surface area contributed by atoms with Crippen molar-refractivity contribution in [3.05, 3.63) is 119 Å². The van der Waals surface area contributed by atoms with Crippen LogP contribution in [0.1, 0.15) is 31.8 Å². The Bertz CT molecular complexity index is 2600. The SMILES string of the molecule is Cc1cc(Nc2c(O)ccc3ccc(S(=O)(=O)O)cc23)ccc1C(=O)NC(=O)NC(=O)c1ccc(Nc2c(O)ccc3ccc(S(=O)(=O)O)cc23)cc1C. The normalized spacial score (nSPS) is 11.6. The molecule has 0 heterocycles. The van der Waals surface area contributed by atoms with Crippen LogP contribution in [-0.2, 0) is 20.2 Å². The number of aryl methyl sites for hydroxylation is 2. The number of fused-ring (bicyclic) bond motifs is 2. The molecule has 0 aliphatic carbocycles. The van der Waals surface area contributed by atoms with Gasteiger partial charge >= 0.3 is 6.03 Å². The van der Waals surface area contributed by atoms with Gasteiger partial charge in [0.2, 0.25) is 0 Å². The third-order valence-electron chi connectivity index (χ3n) is 8.47. The van der Waals surface area contributed by atoms with Crippen LogP contribution in [0, 0.1) is 13.8 Å². The summed E-state index contributed by atoms with van der Waals surface area (Å²) in [6.07, 6.45) is 0. The van der Waals surface area contributed by atoms with Crippen LogP contribution >= 0.6 is 0 Å². The molecule has 4 amide bonds. The molecule has 54 heavy (non-hydrogen) atoms. The molecule has 8 N–H and O–H groups in total. The fraction of sp³-hybridized carbons (Fsp3) is 0.0541. The van der Waals surface area contributed by atoms with E-state index in [1.807, 2.05) is 0 Å². The first-order valence-corrected chi connectivity index (χ1v) is 18.7. The maximum absolute atomic E-state index is 13.0. The summed E-state index contributed by atoms with van der Waals surface area (Å²) in [5, 5.41) is 33.0. The average Bonchev–Trinajstić information content (AvgIpc) is 3.09. The molecule has 6 aromatic rings. The van der Waals surface area contributed by atoms with Gasteiger partial charge in [-0.1, -0.05) is 24.3 Å². The first-order valence-electron chi connectivity index (χ1n) is 15.8. The molecule has 0 fully saturated rings. The van der Waals surface area contributed by atoms with Crippen molar-refractivity contribution in [2.75, 3.05) is 10.6 Å². The Labute approximate surface area is 307 Å². The summed E-state index contributed by atoms with van der Waals surface area (Å²) < 4.78 is 65.8. The van der Waals surface area contributed by atoms with Crippen LogP contribution in [0.15, 0.2) is 107 Å². The molecule has 0 radical (unpaired) electrons. The minimum absolute atomic E-state index is 0.0888. The fourth-order valence-corrected chi connectivity index (χ4v) is 6.82. The van der Waals surface area contributed by atoms with Gasteiger partial charge in [0.25, 0.3) is 32.1 Å². The summed E-state index contributed by atoms with van der Waals surface area (Å²) in [5.41, 5.74) is 2.07. The lowest BCUT2D eigenvalue weighted by Crippen LogP contribution is -2.42. The largest absolute Gasteiger partial charge is 0.506 e. The average molecular weight is 771 g/mol. The van der Waals surface area contributed by atoms with Crippen LogP contribution in [0.4, 0.5) is 27.5 Å². The predicted octanol–water partition coefficient (Wildman–Crippen LogP) is 6.28. The zero-order chi connectivity index (χ0) is 39.1. The molecule has 0 aliphatic heterocycles. The number of benzene rings is 6. The second-order valence-corrected chi connectivity index (χ2v) is 15.0. The monoisotopic (exact) mass is 770 g/mol. The van der Waals surface area contributed by atoms with Crippen molar-refractivity contribution in [2.45, 2.75) is 23.6 Å². The Morgan fingerprint density at radius 2 is 0.889 bits per heavy atom.